The molecule has 1 atom stereocenters. The molecule has 0 spiro atoms. The first-order chi connectivity index (χ1) is 8.02. The van der Waals surface area contributed by atoms with Crippen LogP contribution in [0.1, 0.15) is 6.92 Å². The number of carbonyl (C=O) groups is 1. The van der Waals surface area contributed by atoms with Crippen molar-refractivity contribution in [1.82, 2.24) is 0 Å². The van der Waals surface area contributed by atoms with E-state index >= 15 is 0 Å². The van der Waals surface area contributed by atoms with E-state index in [9.17, 15) is 4.79 Å². The van der Waals surface area contributed by atoms with Crippen molar-refractivity contribution in [3.05, 3.63) is 28.2 Å². The molecule has 0 bridgehead atoms. The first-order valence-corrected chi connectivity index (χ1v) is 5.70. The molecular formula is C11H13Cl2NO3. The molecule has 1 amide bonds. The van der Waals surface area contributed by atoms with Crippen molar-refractivity contribution in [1.29, 1.82) is 0 Å². The quantitative estimate of drug-likeness (QED) is 0.915. The number of hydrogen-bond donors (Lipinski definition) is 1. The Kier molecular flexibility index (Phi) is 5.55. The van der Waals surface area contributed by atoms with Crippen molar-refractivity contribution in [3.8, 4) is 0 Å². The number of rotatable bonds is 4. The molecule has 0 heterocycles. The van der Waals surface area contributed by atoms with Crippen LogP contribution in [0.15, 0.2) is 18.2 Å². The number of benzene rings is 1. The lowest BCUT2D eigenvalue weighted by Crippen LogP contribution is -2.23. The number of anilines is 1. The minimum Gasteiger partial charge on any atom is -0.444 e. The van der Waals surface area contributed by atoms with Crippen molar-refractivity contribution in [3.63, 3.8) is 0 Å². The van der Waals surface area contributed by atoms with Crippen LogP contribution in [0.5, 0.6) is 0 Å². The van der Waals surface area contributed by atoms with Crippen LogP contribution in [-0.4, -0.2) is 25.9 Å². The van der Waals surface area contributed by atoms with Gasteiger partial charge >= 0.3 is 6.09 Å². The van der Waals surface area contributed by atoms with E-state index in [0.717, 1.165) is 0 Å². The maximum absolute atomic E-state index is 11.4. The molecule has 0 aliphatic carbocycles. The highest BCUT2D eigenvalue weighted by atomic mass is 35.5. The number of carbonyl (C=O) groups excluding carboxylic acids is 1. The summed E-state index contributed by atoms with van der Waals surface area (Å²) in [6.07, 6.45) is -0.879. The molecule has 1 unspecified atom stereocenters. The fraction of sp³-hybridized carbons (Fsp3) is 0.364. The molecule has 0 fully saturated rings. The van der Waals surface area contributed by atoms with Crippen LogP contribution < -0.4 is 5.32 Å². The number of halogens is 2. The summed E-state index contributed by atoms with van der Waals surface area (Å²) in [5, 5.41) is 3.34. The average molecular weight is 278 g/mol. The molecule has 17 heavy (non-hydrogen) atoms. The van der Waals surface area contributed by atoms with Crippen molar-refractivity contribution >= 4 is 35.0 Å². The Morgan fingerprint density at radius 3 is 2.71 bits per heavy atom. The van der Waals surface area contributed by atoms with Gasteiger partial charge in [-0.3, -0.25) is 5.32 Å². The summed E-state index contributed by atoms with van der Waals surface area (Å²) in [4.78, 5) is 11.4. The summed E-state index contributed by atoms with van der Waals surface area (Å²) in [6.45, 7) is 2.08. The van der Waals surface area contributed by atoms with Crippen LogP contribution >= 0.6 is 23.2 Å². The van der Waals surface area contributed by atoms with Gasteiger partial charge in [-0.05, 0) is 25.1 Å². The summed E-state index contributed by atoms with van der Waals surface area (Å²) in [7, 11) is 1.54. The summed E-state index contributed by atoms with van der Waals surface area (Å²) in [5.41, 5.74) is 0.522. The van der Waals surface area contributed by atoms with Gasteiger partial charge in [0.1, 0.15) is 6.10 Å². The third-order valence-electron chi connectivity index (χ3n) is 1.88. The highest BCUT2D eigenvalue weighted by Gasteiger charge is 2.09. The molecule has 0 aromatic heterocycles. The predicted octanol–water partition coefficient (Wildman–Crippen LogP) is 3.58. The van der Waals surface area contributed by atoms with E-state index in [4.69, 9.17) is 32.7 Å². The molecule has 6 heteroatoms. The predicted molar refractivity (Wildman–Crippen MR) is 67.9 cm³/mol. The molecule has 0 saturated heterocycles. The minimum absolute atomic E-state index is 0.317. The lowest BCUT2D eigenvalue weighted by atomic mass is 10.3. The van der Waals surface area contributed by atoms with Crippen molar-refractivity contribution < 1.29 is 14.3 Å². The molecule has 94 valence electrons. The van der Waals surface area contributed by atoms with Gasteiger partial charge in [-0.25, -0.2) is 4.79 Å². The number of nitrogens with one attached hydrogen (secondary N) is 1. The Morgan fingerprint density at radius 2 is 2.12 bits per heavy atom. The lowest BCUT2D eigenvalue weighted by Gasteiger charge is -2.13. The highest BCUT2D eigenvalue weighted by Crippen LogP contribution is 2.25. The van der Waals surface area contributed by atoms with E-state index in [1.54, 1.807) is 25.1 Å². The summed E-state index contributed by atoms with van der Waals surface area (Å²) in [5.74, 6) is 0. The van der Waals surface area contributed by atoms with E-state index in [0.29, 0.717) is 22.3 Å². The summed E-state index contributed by atoms with van der Waals surface area (Å²) < 4.78 is 9.86. The number of amides is 1. The normalized spacial score (nSPS) is 12.0. The van der Waals surface area contributed by atoms with Crippen LogP contribution in [0, 0.1) is 0 Å². The zero-order valence-electron chi connectivity index (χ0n) is 9.50. The molecule has 0 saturated carbocycles. The number of ether oxygens (including phenoxy) is 2. The van der Waals surface area contributed by atoms with Gasteiger partial charge in [0.25, 0.3) is 0 Å². The zero-order valence-corrected chi connectivity index (χ0v) is 11.0. The third kappa shape index (κ3) is 4.81. The molecule has 1 rings (SSSR count). The van der Waals surface area contributed by atoms with Crippen LogP contribution in [-0.2, 0) is 9.47 Å². The highest BCUT2D eigenvalue weighted by molar-refractivity contribution is 6.42. The number of methoxy groups -OCH3 is 1. The number of hydrogen-bond acceptors (Lipinski definition) is 3. The second-order valence-corrected chi connectivity index (χ2v) is 4.24. The van der Waals surface area contributed by atoms with Gasteiger partial charge < -0.3 is 9.47 Å². The maximum atomic E-state index is 11.4. The molecule has 4 nitrogen and oxygen atoms in total. The van der Waals surface area contributed by atoms with Crippen LogP contribution in [0.2, 0.25) is 10.0 Å². The fourth-order valence-electron chi connectivity index (χ4n) is 1.17. The molecule has 0 aliphatic rings. The van der Waals surface area contributed by atoms with Gasteiger partial charge in [0.2, 0.25) is 0 Å². The Balaban J connectivity index is 2.53. The standard InChI is InChI=1S/C11H13Cl2NO3/c1-7(6-16-2)17-11(15)14-8-3-4-9(12)10(13)5-8/h3-5,7H,6H2,1-2H3,(H,14,15). The fourth-order valence-corrected chi connectivity index (χ4v) is 1.47. The van der Waals surface area contributed by atoms with Crippen LogP contribution in [0.25, 0.3) is 0 Å². The van der Waals surface area contributed by atoms with E-state index in [-0.39, 0.29) is 6.10 Å². The molecule has 0 aliphatic heterocycles. The van der Waals surface area contributed by atoms with E-state index in [1.807, 2.05) is 0 Å². The first-order valence-electron chi connectivity index (χ1n) is 4.94. The van der Waals surface area contributed by atoms with E-state index in [1.165, 1.54) is 7.11 Å². The van der Waals surface area contributed by atoms with Gasteiger partial charge in [-0.2, -0.15) is 0 Å². The molecule has 1 N–H and O–H groups in total. The Bertz CT molecular complexity index is 398. The molecule has 1 aromatic carbocycles. The SMILES string of the molecule is COCC(C)OC(=O)Nc1ccc(Cl)c(Cl)c1. The van der Waals surface area contributed by atoms with E-state index in [2.05, 4.69) is 5.32 Å². The Hall–Kier alpha value is -0.970. The van der Waals surface area contributed by atoms with Crippen molar-refractivity contribution in [2.24, 2.45) is 0 Å². The first kappa shape index (κ1) is 14.1. The average Bonchev–Trinajstić information content (AvgIpc) is 2.23. The largest absolute Gasteiger partial charge is 0.444 e. The van der Waals surface area contributed by atoms with E-state index < -0.39 is 6.09 Å². The van der Waals surface area contributed by atoms with Gasteiger partial charge in [0.05, 0.1) is 16.7 Å². The molecule has 0 radical (unpaired) electrons. The second-order valence-electron chi connectivity index (χ2n) is 3.43. The monoisotopic (exact) mass is 277 g/mol. The van der Waals surface area contributed by atoms with Gasteiger partial charge in [-0.1, -0.05) is 23.2 Å². The molecule has 1 aromatic rings. The van der Waals surface area contributed by atoms with Crippen LogP contribution in [0.3, 0.4) is 0 Å². The van der Waals surface area contributed by atoms with Crippen molar-refractivity contribution in [2.75, 3.05) is 19.0 Å². The third-order valence-corrected chi connectivity index (χ3v) is 2.61. The van der Waals surface area contributed by atoms with Gasteiger partial charge in [0.15, 0.2) is 0 Å². The lowest BCUT2D eigenvalue weighted by molar-refractivity contribution is 0.0564. The zero-order chi connectivity index (χ0) is 12.8. The van der Waals surface area contributed by atoms with Crippen molar-refractivity contribution in [2.45, 2.75) is 13.0 Å². The van der Waals surface area contributed by atoms with Gasteiger partial charge in [0, 0.05) is 12.8 Å². The second kappa shape index (κ2) is 6.69. The summed E-state index contributed by atoms with van der Waals surface area (Å²) >= 11 is 11.6. The summed E-state index contributed by atoms with van der Waals surface area (Å²) in [6, 6.07) is 4.78. The Morgan fingerprint density at radius 1 is 1.41 bits per heavy atom. The van der Waals surface area contributed by atoms with Gasteiger partial charge in [-0.15, -0.1) is 0 Å². The molecular weight excluding hydrogens is 265 g/mol. The maximum Gasteiger partial charge on any atom is 0.411 e. The minimum atomic E-state index is -0.562. The smallest absolute Gasteiger partial charge is 0.411 e. The van der Waals surface area contributed by atoms with Crippen LogP contribution in [0.4, 0.5) is 10.5 Å². The topological polar surface area (TPSA) is 47.6 Å². The Labute approximate surface area is 110 Å².